The van der Waals surface area contributed by atoms with E-state index >= 15 is 0 Å². The lowest BCUT2D eigenvalue weighted by atomic mass is 10.1. The lowest BCUT2D eigenvalue weighted by Gasteiger charge is -2.40. The molecule has 2 aromatic carbocycles. The maximum atomic E-state index is 9.45. The van der Waals surface area contributed by atoms with E-state index in [1.54, 1.807) is 0 Å². The second-order valence-corrected chi connectivity index (χ2v) is 9.54. The highest BCUT2D eigenvalue weighted by molar-refractivity contribution is 7.99. The fourth-order valence-electron chi connectivity index (χ4n) is 2.92. The fraction of sp³-hybridized carbons (Fsp3) is 0.429. The second kappa shape index (κ2) is 9.95. The molecule has 1 heterocycles. The lowest BCUT2D eigenvalue weighted by molar-refractivity contribution is -0.909. The van der Waals surface area contributed by atoms with Gasteiger partial charge in [-0.3, -0.25) is 4.18 Å². The summed E-state index contributed by atoms with van der Waals surface area (Å²) in [6.45, 7) is 8.14. The van der Waals surface area contributed by atoms with Crippen LogP contribution in [0.2, 0.25) is 0 Å². The van der Waals surface area contributed by atoms with Crippen LogP contribution in [0.1, 0.15) is 20.8 Å². The molecule has 29 heavy (non-hydrogen) atoms. The van der Waals surface area contributed by atoms with Gasteiger partial charge in [-0.1, -0.05) is 36.0 Å². The number of benzene rings is 2. The molecule has 0 fully saturated rings. The number of fused-ring (bicyclic) bond motifs is 2. The minimum Gasteiger partial charge on any atom is -0.726 e. The average Bonchev–Trinajstić information content (AvgIpc) is 2.67. The van der Waals surface area contributed by atoms with Crippen molar-refractivity contribution < 1.29 is 21.6 Å². The predicted molar refractivity (Wildman–Crippen MR) is 117 cm³/mol. The molecule has 1 aliphatic heterocycles. The Morgan fingerprint density at radius 1 is 1.03 bits per heavy atom. The number of anilines is 2. The standard InChI is InChI=1S/C19H25N2S.C2H6O4S/c1-5-21(3,4)15(2)14-20-16-10-6-8-12-18(16)22-19-13-9-7-11-17(19)20;1-2-6-7(3,4)5/h6-13,15H,5,14H2,1-4H3;2H2,1H3,(H,3,4,5)/q+1;/p-1. The monoisotopic (exact) mass is 438 g/mol. The maximum Gasteiger partial charge on any atom is 0.217 e. The lowest BCUT2D eigenvalue weighted by Crippen LogP contribution is -2.51. The summed E-state index contributed by atoms with van der Waals surface area (Å²) < 4.78 is 33.0. The van der Waals surface area contributed by atoms with E-state index in [1.165, 1.54) is 28.1 Å². The molecule has 0 N–H and O–H groups in total. The maximum absolute atomic E-state index is 9.45. The molecule has 3 rings (SSSR count). The highest BCUT2D eigenvalue weighted by Crippen LogP contribution is 2.47. The van der Waals surface area contributed by atoms with Gasteiger partial charge in [-0.15, -0.1) is 0 Å². The van der Waals surface area contributed by atoms with E-state index in [0.29, 0.717) is 6.04 Å². The number of hydrogen-bond donors (Lipinski definition) is 0. The van der Waals surface area contributed by atoms with Gasteiger partial charge in [-0.2, -0.15) is 0 Å². The first-order valence-corrected chi connectivity index (χ1v) is 11.8. The number of likely N-dealkylation sites (N-methyl/N-ethyl adjacent to an activating group) is 1. The van der Waals surface area contributed by atoms with Crippen LogP contribution < -0.4 is 4.90 Å². The van der Waals surface area contributed by atoms with Crippen LogP contribution in [0, 0.1) is 0 Å². The Balaban J connectivity index is 0.000000370. The molecule has 0 aliphatic carbocycles. The summed E-state index contributed by atoms with van der Waals surface area (Å²) in [5.41, 5.74) is 2.68. The van der Waals surface area contributed by atoms with Crippen molar-refractivity contribution in [1.29, 1.82) is 0 Å². The normalized spacial score (nSPS) is 14.3. The van der Waals surface area contributed by atoms with Crippen LogP contribution in [-0.2, 0) is 14.6 Å². The molecule has 0 saturated heterocycles. The summed E-state index contributed by atoms with van der Waals surface area (Å²) in [6, 6.07) is 18.1. The molecule has 0 saturated carbocycles. The Bertz CT molecular complexity index is 871. The quantitative estimate of drug-likeness (QED) is 0.381. The van der Waals surface area contributed by atoms with Gasteiger partial charge in [0, 0.05) is 9.79 Å². The summed E-state index contributed by atoms with van der Waals surface area (Å²) in [7, 11) is 0.217. The van der Waals surface area contributed by atoms with Gasteiger partial charge in [0.1, 0.15) is 6.04 Å². The van der Waals surface area contributed by atoms with Crippen molar-refractivity contribution in [2.75, 3.05) is 38.7 Å². The summed E-state index contributed by atoms with van der Waals surface area (Å²) >= 11 is 1.88. The molecule has 8 heteroatoms. The van der Waals surface area contributed by atoms with Crippen LogP contribution in [0.15, 0.2) is 58.3 Å². The van der Waals surface area contributed by atoms with E-state index in [0.717, 1.165) is 17.6 Å². The van der Waals surface area contributed by atoms with E-state index < -0.39 is 10.4 Å². The van der Waals surface area contributed by atoms with Gasteiger partial charge in [-0.25, -0.2) is 8.42 Å². The number of hydrogen-bond acceptors (Lipinski definition) is 6. The summed E-state index contributed by atoms with van der Waals surface area (Å²) in [5, 5.41) is 0. The Hall–Kier alpha value is -1.58. The van der Waals surface area contributed by atoms with Crippen molar-refractivity contribution in [2.24, 2.45) is 0 Å². The fourth-order valence-corrected chi connectivity index (χ4v) is 4.30. The third-order valence-corrected chi connectivity index (χ3v) is 6.90. The second-order valence-electron chi connectivity index (χ2n) is 7.41. The van der Waals surface area contributed by atoms with Crippen LogP contribution in [0.3, 0.4) is 0 Å². The van der Waals surface area contributed by atoms with E-state index in [9.17, 15) is 13.0 Å². The highest BCUT2D eigenvalue weighted by atomic mass is 32.3. The average molecular weight is 439 g/mol. The molecule has 2 aromatic rings. The van der Waals surface area contributed by atoms with Crippen molar-refractivity contribution >= 4 is 33.5 Å². The molecule has 1 aliphatic rings. The largest absolute Gasteiger partial charge is 0.726 e. The highest BCUT2D eigenvalue weighted by Gasteiger charge is 2.29. The van der Waals surface area contributed by atoms with Gasteiger partial charge in [-0.05, 0) is 45.0 Å². The Morgan fingerprint density at radius 2 is 1.52 bits per heavy atom. The number of nitrogens with zero attached hydrogens (tertiary/aromatic N) is 2. The van der Waals surface area contributed by atoms with Crippen LogP contribution in [0.4, 0.5) is 11.4 Å². The number of para-hydroxylation sites is 2. The number of quaternary nitrogens is 1. The predicted octanol–water partition coefficient (Wildman–Crippen LogP) is 4.26. The SMILES string of the molecule is CCOS(=O)(=O)[O-].CC[N+](C)(C)C(C)CN1c2ccccc2Sc2ccccc21. The minimum atomic E-state index is -4.42. The van der Waals surface area contributed by atoms with E-state index in [1.807, 2.05) is 11.8 Å². The molecular formula is C21H30N2O4S2. The molecule has 0 amide bonds. The molecule has 0 aromatic heterocycles. The van der Waals surface area contributed by atoms with Gasteiger partial charge in [0.15, 0.2) is 0 Å². The molecule has 1 atom stereocenters. The van der Waals surface area contributed by atoms with E-state index in [-0.39, 0.29) is 6.61 Å². The minimum absolute atomic E-state index is 0.0914. The summed E-state index contributed by atoms with van der Waals surface area (Å²) in [6.07, 6.45) is 0. The van der Waals surface area contributed by atoms with Crippen molar-refractivity contribution in [3.8, 4) is 0 Å². The van der Waals surface area contributed by atoms with Gasteiger partial charge in [0.05, 0.1) is 45.2 Å². The molecule has 0 bridgehead atoms. The third-order valence-electron chi connectivity index (χ3n) is 5.25. The van der Waals surface area contributed by atoms with Crippen LogP contribution in [0.5, 0.6) is 0 Å². The third kappa shape index (κ3) is 6.45. The molecule has 160 valence electrons. The zero-order chi connectivity index (χ0) is 21.7. The Kier molecular flexibility index (Phi) is 8.13. The van der Waals surface area contributed by atoms with Crippen LogP contribution in [-0.4, -0.2) is 57.3 Å². The van der Waals surface area contributed by atoms with Crippen molar-refractivity contribution in [2.45, 2.75) is 36.6 Å². The zero-order valence-corrected chi connectivity index (χ0v) is 19.3. The van der Waals surface area contributed by atoms with Crippen molar-refractivity contribution in [3.63, 3.8) is 0 Å². The molecule has 0 radical (unpaired) electrons. The van der Waals surface area contributed by atoms with E-state index in [4.69, 9.17) is 0 Å². The first-order valence-electron chi connectivity index (χ1n) is 9.65. The van der Waals surface area contributed by atoms with E-state index in [2.05, 4.69) is 85.6 Å². The Morgan fingerprint density at radius 3 is 1.90 bits per heavy atom. The van der Waals surface area contributed by atoms with Crippen LogP contribution in [0.25, 0.3) is 0 Å². The first kappa shape index (κ1) is 23.7. The topological polar surface area (TPSA) is 69.7 Å². The van der Waals surface area contributed by atoms with Crippen molar-refractivity contribution in [3.05, 3.63) is 48.5 Å². The first-order chi connectivity index (χ1) is 13.6. The van der Waals surface area contributed by atoms with Gasteiger partial charge < -0.3 is 13.9 Å². The Labute approximate surface area is 179 Å². The van der Waals surface area contributed by atoms with Gasteiger partial charge >= 0.3 is 0 Å². The van der Waals surface area contributed by atoms with Crippen LogP contribution >= 0.6 is 11.8 Å². The van der Waals surface area contributed by atoms with Gasteiger partial charge in [0.2, 0.25) is 10.4 Å². The molecule has 6 nitrogen and oxygen atoms in total. The summed E-state index contributed by atoms with van der Waals surface area (Å²) in [4.78, 5) is 5.21. The number of rotatable bonds is 6. The molecule has 1 unspecified atom stereocenters. The smallest absolute Gasteiger partial charge is 0.217 e. The molecule has 0 spiro atoms. The zero-order valence-electron chi connectivity index (χ0n) is 17.7. The molecular weight excluding hydrogens is 408 g/mol. The summed E-state index contributed by atoms with van der Waals surface area (Å²) in [5.74, 6) is 0. The van der Waals surface area contributed by atoms with Crippen molar-refractivity contribution in [1.82, 2.24) is 0 Å². The van der Waals surface area contributed by atoms with Gasteiger partial charge in [0.25, 0.3) is 0 Å².